The van der Waals surface area contributed by atoms with E-state index in [0.29, 0.717) is 25.1 Å². The highest BCUT2D eigenvalue weighted by molar-refractivity contribution is 7.91. The average molecular weight is 438 g/mol. The summed E-state index contributed by atoms with van der Waals surface area (Å²) < 4.78 is 25.9. The maximum atomic E-state index is 13.5. The van der Waals surface area contributed by atoms with Crippen molar-refractivity contribution in [3.05, 3.63) is 78.1 Å². The molecule has 1 saturated heterocycles. The summed E-state index contributed by atoms with van der Waals surface area (Å²) >= 11 is 0. The van der Waals surface area contributed by atoms with Gasteiger partial charge in [0.05, 0.1) is 18.1 Å². The number of sulfone groups is 1. The Kier molecular flexibility index (Phi) is 6.23. The van der Waals surface area contributed by atoms with Crippen molar-refractivity contribution in [3.63, 3.8) is 0 Å². The Bertz CT molecular complexity index is 1140. The van der Waals surface area contributed by atoms with E-state index in [4.69, 9.17) is 0 Å². The van der Waals surface area contributed by atoms with Crippen LogP contribution in [0.25, 0.3) is 11.1 Å². The first-order valence-corrected chi connectivity index (χ1v) is 12.5. The molecule has 2 aromatic carbocycles. The molecular formula is C24H27N3O3S. The van der Waals surface area contributed by atoms with Gasteiger partial charge in [0.15, 0.2) is 9.84 Å². The molecule has 4 rings (SSSR count). The molecule has 1 aliphatic rings. The van der Waals surface area contributed by atoms with E-state index in [1.54, 1.807) is 11.1 Å². The normalized spacial score (nSPS) is 17.5. The van der Waals surface area contributed by atoms with Gasteiger partial charge in [0.1, 0.15) is 0 Å². The molecule has 0 aliphatic carbocycles. The predicted octanol–water partition coefficient (Wildman–Crippen LogP) is 3.64. The minimum atomic E-state index is -3.06. The maximum absolute atomic E-state index is 13.5. The molecule has 1 amide bonds. The summed E-state index contributed by atoms with van der Waals surface area (Å²) in [7, 11) is -3.06. The van der Waals surface area contributed by atoms with Crippen LogP contribution >= 0.6 is 0 Å². The van der Waals surface area contributed by atoms with E-state index in [-0.39, 0.29) is 23.5 Å². The second-order valence-corrected chi connectivity index (χ2v) is 10.2. The van der Waals surface area contributed by atoms with Gasteiger partial charge >= 0.3 is 0 Å². The zero-order valence-electron chi connectivity index (χ0n) is 17.6. The van der Waals surface area contributed by atoms with Crippen molar-refractivity contribution in [1.29, 1.82) is 0 Å². The van der Waals surface area contributed by atoms with Crippen LogP contribution in [0.1, 0.15) is 35.7 Å². The van der Waals surface area contributed by atoms with Crippen molar-refractivity contribution in [1.82, 2.24) is 14.7 Å². The highest BCUT2D eigenvalue weighted by Gasteiger charge is 2.35. The van der Waals surface area contributed by atoms with Gasteiger partial charge in [0.2, 0.25) is 0 Å². The zero-order valence-corrected chi connectivity index (χ0v) is 18.5. The average Bonchev–Trinajstić information content (AvgIpc) is 3.41. The number of carbonyl (C=O) groups excluding carboxylic acids is 1. The van der Waals surface area contributed by atoms with E-state index in [1.165, 1.54) is 0 Å². The molecule has 0 unspecified atom stereocenters. The van der Waals surface area contributed by atoms with E-state index in [2.05, 4.69) is 5.10 Å². The smallest absolute Gasteiger partial charge is 0.254 e. The molecule has 7 heteroatoms. The van der Waals surface area contributed by atoms with Crippen molar-refractivity contribution in [2.45, 2.75) is 32.4 Å². The van der Waals surface area contributed by atoms with Gasteiger partial charge < -0.3 is 4.90 Å². The highest BCUT2D eigenvalue weighted by atomic mass is 32.2. The monoisotopic (exact) mass is 437 g/mol. The fourth-order valence-electron chi connectivity index (χ4n) is 4.16. The zero-order chi connectivity index (χ0) is 21.8. The largest absolute Gasteiger partial charge is 0.335 e. The van der Waals surface area contributed by atoms with Crippen LogP contribution in [0.15, 0.2) is 67.0 Å². The van der Waals surface area contributed by atoms with Gasteiger partial charge in [-0.2, -0.15) is 5.10 Å². The van der Waals surface area contributed by atoms with Crippen molar-refractivity contribution < 1.29 is 13.2 Å². The number of hydrogen-bond acceptors (Lipinski definition) is 4. The third-order valence-corrected chi connectivity index (χ3v) is 7.45. The molecule has 0 spiro atoms. The topological polar surface area (TPSA) is 72.3 Å². The van der Waals surface area contributed by atoms with Crippen LogP contribution < -0.4 is 0 Å². The summed E-state index contributed by atoms with van der Waals surface area (Å²) in [5, 5.41) is 4.24. The van der Waals surface area contributed by atoms with E-state index in [0.717, 1.165) is 23.1 Å². The Labute approximate surface area is 183 Å². The Morgan fingerprint density at radius 2 is 1.90 bits per heavy atom. The quantitative estimate of drug-likeness (QED) is 0.566. The minimum Gasteiger partial charge on any atom is -0.335 e. The number of carbonyl (C=O) groups is 1. The van der Waals surface area contributed by atoms with Gasteiger partial charge in [0.25, 0.3) is 5.91 Å². The summed E-state index contributed by atoms with van der Waals surface area (Å²) in [5.74, 6) is 0.119. The van der Waals surface area contributed by atoms with Gasteiger partial charge in [-0.05, 0) is 41.7 Å². The molecule has 162 valence electrons. The van der Waals surface area contributed by atoms with Gasteiger partial charge in [-0.15, -0.1) is 0 Å². The van der Waals surface area contributed by atoms with Gasteiger partial charge in [-0.3, -0.25) is 9.48 Å². The van der Waals surface area contributed by atoms with Gasteiger partial charge in [-0.1, -0.05) is 49.4 Å². The van der Waals surface area contributed by atoms with Crippen LogP contribution in [-0.2, 0) is 16.4 Å². The fourth-order valence-corrected chi connectivity index (χ4v) is 5.89. The van der Waals surface area contributed by atoms with Gasteiger partial charge in [0, 0.05) is 30.5 Å². The Morgan fingerprint density at radius 1 is 1.13 bits per heavy atom. The SMILES string of the molecule is CCCN(C(=O)c1ccccc1-c1ccc(Cn2cccn2)cc1)[C@H]1CCS(=O)(=O)C1. The van der Waals surface area contributed by atoms with Crippen molar-refractivity contribution in [3.8, 4) is 11.1 Å². The molecule has 0 radical (unpaired) electrons. The molecule has 0 N–H and O–H groups in total. The summed E-state index contributed by atoms with van der Waals surface area (Å²) in [5.41, 5.74) is 3.56. The van der Waals surface area contributed by atoms with Crippen LogP contribution in [0.3, 0.4) is 0 Å². The second kappa shape index (κ2) is 9.06. The highest BCUT2D eigenvalue weighted by Crippen LogP contribution is 2.28. The van der Waals surface area contributed by atoms with E-state index in [9.17, 15) is 13.2 Å². The van der Waals surface area contributed by atoms with Gasteiger partial charge in [-0.25, -0.2) is 8.42 Å². The molecule has 1 aromatic heterocycles. The van der Waals surface area contributed by atoms with Crippen molar-refractivity contribution in [2.75, 3.05) is 18.1 Å². The molecule has 0 bridgehead atoms. The second-order valence-electron chi connectivity index (χ2n) is 8.00. The van der Waals surface area contributed by atoms with Crippen LogP contribution in [-0.4, -0.2) is 53.1 Å². The summed E-state index contributed by atoms with van der Waals surface area (Å²) in [6.07, 6.45) is 4.98. The fraction of sp³-hybridized carbons (Fsp3) is 0.333. The molecule has 2 heterocycles. The number of amides is 1. The lowest BCUT2D eigenvalue weighted by atomic mass is 9.97. The molecule has 31 heavy (non-hydrogen) atoms. The van der Waals surface area contributed by atoms with Crippen LogP contribution in [0.2, 0.25) is 0 Å². The number of benzene rings is 2. The predicted molar refractivity (Wildman–Crippen MR) is 122 cm³/mol. The first-order chi connectivity index (χ1) is 15.0. The minimum absolute atomic E-state index is 0.0586. The Hall–Kier alpha value is -2.93. The lowest BCUT2D eigenvalue weighted by Gasteiger charge is -2.29. The number of hydrogen-bond donors (Lipinski definition) is 0. The van der Waals surface area contributed by atoms with Crippen molar-refractivity contribution >= 4 is 15.7 Å². The molecule has 6 nitrogen and oxygen atoms in total. The summed E-state index contributed by atoms with van der Waals surface area (Å²) in [6.45, 7) is 3.25. The third-order valence-electron chi connectivity index (χ3n) is 5.70. The summed E-state index contributed by atoms with van der Waals surface area (Å²) in [4.78, 5) is 15.3. The van der Waals surface area contributed by atoms with Crippen molar-refractivity contribution in [2.24, 2.45) is 0 Å². The standard InChI is InChI=1S/C24H27N3O3S/c1-2-14-27(21-12-16-31(29,30)18-21)24(28)23-7-4-3-6-22(23)20-10-8-19(9-11-20)17-26-15-5-13-25-26/h3-11,13,15,21H,2,12,14,16-18H2,1H3/t21-/m0/s1. The molecule has 1 atom stereocenters. The third kappa shape index (κ3) is 4.88. The molecule has 1 fully saturated rings. The Balaban J connectivity index is 1.60. The molecule has 1 aliphatic heterocycles. The molecule has 0 saturated carbocycles. The number of aromatic nitrogens is 2. The first kappa shape index (κ1) is 21.3. The lowest BCUT2D eigenvalue weighted by Crippen LogP contribution is -2.41. The van der Waals surface area contributed by atoms with E-state index < -0.39 is 9.84 Å². The molecular weight excluding hydrogens is 410 g/mol. The molecule has 3 aromatic rings. The Morgan fingerprint density at radius 3 is 2.55 bits per heavy atom. The number of rotatable bonds is 7. The van der Waals surface area contributed by atoms with E-state index in [1.807, 2.05) is 72.4 Å². The number of nitrogens with zero attached hydrogens (tertiary/aromatic N) is 3. The first-order valence-electron chi connectivity index (χ1n) is 10.6. The van der Waals surface area contributed by atoms with E-state index >= 15 is 0 Å². The van der Waals surface area contributed by atoms with Crippen LogP contribution in [0.4, 0.5) is 0 Å². The van der Waals surface area contributed by atoms with Crippen LogP contribution in [0.5, 0.6) is 0 Å². The lowest BCUT2D eigenvalue weighted by molar-refractivity contribution is 0.0698. The van der Waals surface area contributed by atoms with Crippen LogP contribution in [0, 0.1) is 0 Å². The maximum Gasteiger partial charge on any atom is 0.254 e. The summed E-state index contributed by atoms with van der Waals surface area (Å²) in [6, 6.07) is 17.4.